The third-order valence-corrected chi connectivity index (χ3v) is 10.7. The first-order chi connectivity index (χ1) is 18.2. The van der Waals surface area contributed by atoms with E-state index in [9.17, 15) is 13.2 Å². The molecular formula is C32H36N2O3S. The van der Waals surface area contributed by atoms with Gasteiger partial charge in [0, 0.05) is 5.69 Å². The van der Waals surface area contributed by atoms with Gasteiger partial charge in [-0.15, -0.1) is 0 Å². The van der Waals surface area contributed by atoms with E-state index in [-0.39, 0.29) is 17.3 Å². The van der Waals surface area contributed by atoms with Gasteiger partial charge in [-0.1, -0.05) is 36.4 Å². The lowest BCUT2D eigenvalue weighted by molar-refractivity contribution is -0.114. The molecule has 0 heterocycles. The molecule has 1 N–H and O–H groups in total. The summed E-state index contributed by atoms with van der Waals surface area (Å²) in [5.41, 5.74) is 4.77. The Hall–Kier alpha value is -3.12. The number of nitrogens with one attached hydrogen (secondary N) is 1. The fourth-order valence-corrected chi connectivity index (χ4v) is 9.26. The summed E-state index contributed by atoms with van der Waals surface area (Å²) in [7, 11) is -3.94. The van der Waals surface area contributed by atoms with Gasteiger partial charge in [0.1, 0.15) is 6.54 Å². The van der Waals surface area contributed by atoms with E-state index in [2.05, 4.69) is 17.4 Å². The van der Waals surface area contributed by atoms with Crippen molar-refractivity contribution in [3.8, 4) is 0 Å². The zero-order chi connectivity index (χ0) is 26.5. The van der Waals surface area contributed by atoms with Gasteiger partial charge in [0.25, 0.3) is 10.0 Å². The van der Waals surface area contributed by atoms with Crippen LogP contribution < -0.4 is 9.62 Å². The minimum atomic E-state index is -3.94. The van der Waals surface area contributed by atoms with Crippen molar-refractivity contribution in [3.63, 3.8) is 0 Å². The number of carbonyl (C=O) groups excluding carboxylic acids is 1. The molecule has 6 heteroatoms. The molecule has 5 nitrogen and oxygen atoms in total. The molecule has 0 aromatic heterocycles. The fraction of sp³-hybridized carbons (Fsp3) is 0.406. The molecular weight excluding hydrogens is 492 g/mol. The molecule has 198 valence electrons. The van der Waals surface area contributed by atoms with Crippen LogP contribution in [0.4, 0.5) is 11.4 Å². The highest BCUT2D eigenvalue weighted by Gasteiger charge is 2.51. The van der Waals surface area contributed by atoms with Crippen molar-refractivity contribution in [1.82, 2.24) is 0 Å². The molecule has 4 bridgehead atoms. The number of rotatable bonds is 7. The lowest BCUT2D eigenvalue weighted by Crippen LogP contribution is -2.48. The highest BCUT2D eigenvalue weighted by molar-refractivity contribution is 7.92. The van der Waals surface area contributed by atoms with E-state index in [1.807, 2.05) is 32.0 Å². The Balaban J connectivity index is 1.22. The standard InChI is InChI=1S/C32H36N2O3S/c1-22-12-23(2)14-29(13-22)34(38(36,37)30-6-4-3-5-7-30)21-31(35)33-28-10-8-27(9-11-28)32-18-24-15-25(19-32)17-26(16-24)20-32/h3-14,24-26H,15-21H2,1-2H3,(H,33,35). The van der Waals surface area contributed by atoms with E-state index < -0.39 is 10.0 Å². The Kier molecular flexibility index (Phi) is 6.34. The summed E-state index contributed by atoms with van der Waals surface area (Å²) in [4.78, 5) is 13.4. The van der Waals surface area contributed by atoms with Crippen LogP contribution in [0.15, 0.2) is 77.7 Å². The highest BCUT2D eigenvalue weighted by Crippen LogP contribution is 2.60. The second-order valence-corrected chi connectivity index (χ2v) is 13.9. The molecule has 4 aliphatic carbocycles. The van der Waals surface area contributed by atoms with Crippen LogP contribution in [0.25, 0.3) is 0 Å². The second kappa shape index (κ2) is 9.57. The Bertz CT molecular complexity index is 1390. The Morgan fingerprint density at radius 2 is 1.39 bits per heavy atom. The topological polar surface area (TPSA) is 66.5 Å². The van der Waals surface area contributed by atoms with Crippen LogP contribution in [0.5, 0.6) is 0 Å². The molecule has 0 unspecified atom stereocenters. The lowest BCUT2D eigenvalue weighted by Gasteiger charge is -2.57. The maximum absolute atomic E-state index is 13.6. The maximum atomic E-state index is 13.6. The van der Waals surface area contributed by atoms with Gasteiger partial charge in [0.15, 0.2) is 0 Å². The summed E-state index contributed by atoms with van der Waals surface area (Å²) < 4.78 is 28.5. The molecule has 0 aliphatic heterocycles. The Morgan fingerprint density at radius 1 is 0.842 bits per heavy atom. The zero-order valence-electron chi connectivity index (χ0n) is 22.2. The monoisotopic (exact) mass is 528 g/mol. The second-order valence-electron chi connectivity index (χ2n) is 12.0. The van der Waals surface area contributed by atoms with Crippen molar-refractivity contribution in [3.05, 3.63) is 89.5 Å². The van der Waals surface area contributed by atoms with Gasteiger partial charge in [0.2, 0.25) is 5.91 Å². The zero-order valence-corrected chi connectivity index (χ0v) is 23.0. The molecule has 4 saturated carbocycles. The van der Waals surface area contributed by atoms with E-state index in [0.717, 1.165) is 28.9 Å². The Labute approximate surface area is 226 Å². The molecule has 3 aromatic carbocycles. The van der Waals surface area contributed by atoms with Gasteiger partial charge in [-0.05, 0) is 129 Å². The third-order valence-electron chi connectivity index (χ3n) is 8.93. The molecule has 0 atom stereocenters. The van der Waals surface area contributed by atoms with Crippen LogP contribution in [0.1, 0.15) is 55.2 Å². The molecule has 0 saturated heterocycles. The lowest BCUT2D eigenvalue weighted by atomic mass is 9.48. The molecule has 4 aliphatic rings. The first kappa shape index (κ1) is 25.2. The number of sulfonamides is 1. The smallest absolute Gasteiger partial charge is 0.264 e. The van der Waals surface area contributed by atoms with Crippen molar-refractivity contribution in [2.45, 2.75) is 62.7 Å². The van der Waals surface area contributed by atoms with Crippen LogP contribution in [-0.2, 0) is 20.2 Å². The van der Waals surface area contributed by atoms with Crippen LogP contribution >= 0.6 is 0 Å². The van der Waals surface area contributed by atoms with Crippen molar-refractivity contribution >= 4 is 27.3 Å². The van der Waals surface area contributed by atoms with Gasteiger partial charge in [-0.3, -0.25) is 9.10 Å². The number of carbonyl (C=O) groups is 1. The number of anilines is 2. The predicted octanol–water partition coefficient (Wildman–Crippen LogP) is 6.61. The van der Waals surface area contributed by atoms with Crippen LogP contribution in [0, 0.1) is 31.6 Å². The molecule has 38 heavy (non-hydrogen) atoms. The van der Waals surface area contributed by atoms with Crippen molar-refractivity contribution in [1.29, 1.82) is 0 Å². The number of benzene rings is 3. The predicted molar refractivity (Wildman–Crippen MR) is 152 cm³/mol. The number of aryl methyl sites for hydroxylation is 2. The average Bonchev–Trinajstić information content (AvgIpc) is 2.87. The van der Waals surface area contributed by atoms with E-state index in [0.29, 0.717) is 16.8 Å². The fourth-order valence-electron chi connectivity index (χ4n) is 7.83. The van der Waals surface area contributed by atoms with E-state index in [1.54, 1.807) is 42.5 Å². The average molecular weight is 529 g/mol. The highest BCUT2D eigenvalue weighted by atomic mass is 32.2. The minimum absolute atomic E-state index is 0.159. The summed E-state index contributed by atoms with van der Waals surface area (Å²) in [5, 5.41) is 2.95. The largest absolute Gasteiger partial charge is 0.325 e. The van der Waals surface area contributed by atoms with E-state index >= 15 is 0 Å². The maximum Gasteiger partial charge on any atom is 0.264 e. The molecule has 0 radical (unpaired) electrons. The van der Waals surface area contributed by atoms with Gasteiger partial charge < -0.3 is 5.32 Å². The van der Waals surface area contributed by atoms with Gasteiger partial charge in [0.05, 0.1) is 10.6 Å². The molecule has 0 spiro atoms. The van der Waals surface area contributed by atoms with Crippen LogP contribution in [0.3, 0.4) is 0 Å². The first-order valence-corrected chi connectivity index (χ1v) is 15.2. The quantitative estimate of drug-likeness (QED) is 0.375. The number of hydrogen-bond acceptors (Lipinski definition) is 3. The SMILES string of the molecule is Cc1cc(C)cc(N(CC(=O)Nc2ccc(C34CC5CC(CC(C5)C3)C4)cc2)S(=O)(=O)c2ccccc2)c1. The normalized spacial score (nSPS) is 25.8. The summed E-state index contributed by atoms with van der Waals surface area (Å²) in [6, 6.07) is 22.2. The van der Waals surface area contributed by atoms with Crippen LogP contribution in [0.2, 0.25) is 0 Å². The Morgan fingerprint density at radius 3 is 1.95 bits per heavy atom. The molecule has 3 aromatic rings. The third kappa shape index (κ3) is 4.75. The number of nitrogens with zero attached hydrogens (tertiary/aromatic N) is 1. The molecule has 7 rings (SSSR count). The van der Waals surface area contributed by atoms with Crippen molar-refractivity contribution in [2.75, 3.05) is 16.2 Å². The van der Waals surface area contributed by atoms with Crippen molar-refractivity contribution in [2.24, 2.45) is 17.8 Å². The van der Waals surface area contributed by atoms with Gasteiger partial charge in [-0.25, -0.2) is 8.42 Å². The molecule has 1 amide bonds. The minimum Gasteiger partial charge on any atom is -0.325 e. The first-order valence-electron chi connectivity index (χ1n) is 13.8. The molecule has 4 fully saturated rings. The number of amides is 1. The number of hydrogen-bond donors (Lipinski definition) is 1. The summed E-state index contributed by atoms with van der Waals surface area (Å²) in [6.45, 7) is 3.54. The van der Waals surface area contributed by atoms with Crippen molar-refractivity contribution < 1.29 is 13.2 Å². The summed E-state index contributed by atoms with van der Waals surface area (Å²) in [5.74, 6) is 2.27. The van der Waals surface area contributed by atoms with E-state index in [4.69, 9.17) is 0 Å². The van der Waals surface area contributed by atoms with Gasteiger partial charge >= 0.3 is 0 Å². The van der Waals surface area contributed by atoms with E-state index in [1.165, 1.54) is 48.4 Å². The summed E-state index contributed by atoms with van der Waals surface area (Å²) >= 11 is 0. The summed E-state index contributed by atoms with van der Waals surface area (Å²) in [6.07, 6.45) is 8.13. The van der Waals surface area contributed by atoms with Gasteiger partial charge in [-0.2, -0.15) is 0 Å². The van der Waals surface area contributed by atoms with Crippen LogP contribution in [-0.4, -0.2) is 20.9 Å².